The van der Waals surface area contributed by atoms with Crippen LogP contribution in [0.4, 0.5) is 0 Å². The van der Waals surface area contributed by atoms with Crippen molar-refractivity contribution >= 4 is 5.97 Å². The topological polar surface area (TPSA) is 57.5 Å². The lowest BCUT2D eigenvalue weighted by atomic mass is 9.83. The molecule has 1 aromatic rings. The first-order valence-electron chi connectivity index (χ1n) is 6.85. The highest BCUT2D eigenvalue weighted by Crippen LogP contribution is 2.35. The number of rotatable bonds is 3. The molecule has 1 aliphatic carbocycles. The summed E-state index contributed by atoms with van der Waals surface area (Å²) in [7, 11) is 3.01. The number of pyridine rings is 1. The Hall–Kier alpha value is -1.62. The number of esters is 1. The molecule has 1 heterocycles. The maximum Gasteiger partial charge on any atom is 0.343 e. The molecule has 1 saturated carbocycles. The molecule has 0 radical (unpaired) electrons. The summed E-state index contributed by atoms with van der Waals surface area (Å²) in [5, 5.41) is 0. The number of carbonyl (C=O) groups excluding carboxylic acids is 1. The largest absolute Gasteiger partial charge is 0.465 e. The van der Waals surface area contributed by atoms with E-state index in [9.17, 15) is 9.59 Å². The van der Waals surface area contributed by atoms with Crippen LogP contribution in [0.1, 0.15) is 49.0 Å². The van der Waals surface area contributed by atoms with Gasteiger partial charge in [-0.25, -0.2) is 4.79 Å². The molecule has 20 heavy (non-hydrogen) atoms. The highest BCUT2D eigenvalue weighted by atomic mass is 16.5. The molecular weight excluding hydrogens is 258 g/mol. The molecular formula is C15H21NO4. The van der Waals surface area contributed by atoms with Crippen LogP contribution in [0.5, 0.6) is 0 Å². The van der Waals surface area contributed by atoms with Crippen LogP contribution in [0.25, 0.3) is 0 Å². The number of hydrogen-bond acceptors (Lipinski definition) is 4. The second-order valence-electron chi connectivity index (χ2n) is 5.51. The second-order valence-corrected chi connectivity index (χ2v) is 5.51. The Kier molecular flexibility index (Phi) is 4.28. The molecule has 1 aliphatic rings. The average molecular weight is 279 g/mol. The monoisotopic (exact) mass is 279 g/mol. The Balaban J connectivity index is 2.23. The highest BCUT2D eigenvalue weighted by molar-refractivity contribution is 5.88. The molecule has 5 nitrogen and oxygen atoms in total. The molecule has 110 valence electrons. The first-order valence-corrected chi connectivity index (χ1v) is 6.85. The van der Waals surface area contributed by atoms with Crippen LogP contribution in [0.2, 0.25) is 0 Å². The fourth-order valence-electron chi connectivity index (χ4n) is 2.76. The molecule has 0 N–H and O–H groups in total. The fourth-order valence-corrected chi connectivity index (χ4v) is 2.76. The van der Waals surface area contributed by atoms with Crippen LogP contribution < -0.4 is 5.56 Å². The Morgan fingerprint density at radius 2 is 2.00 bits per heavy atom. The van der Waals surface area contributed by atoms with Crippen LogP contribution in [0.15, 0.2) is 23.1 Å². The lowest BCUT2D eigenvalue weighted by molar-refractivity contribution is -0.0325. The Labute approximate surface area is 118 Å². The van der Waals surface area contributed by atoms with Gasteiger partial charge in [0.25, 0.3) is 5.56 Å². The Morgan fingerprint density at radius 3 is 2.55 bits per heavy atom. The number of carbonyl (C=O) groups is 1. The van der Waals surface area contributed by atoms with E-state index in [2.05, 4.69) is 11.7 Å². The quantitative estimate of drug-likeness (QED) is 0.796. The number of ether oxygens (including phenoxy) is 2. The molecule has 0 aliphatic heterocycles. The molecule has 0 unspecified atom stereocenters. The molecule has 1 fully saturated rings. The fraction of sp³-hybridized carbons (Fsp3) is 0.600. The van der Waals surface area contributed by atoms with Gasteiger partial charge in [-0.1, -0.05) is 0 Å². The van der Waals surface area contributed by atoms with Gasteiger partial charge in [0, 0.05) is 19.3 Å². The van der Waals surface area contributed by atoms with Gasteiger partial charge < -0.3 is 14.0 Å². The van der Waals surface area contributed by atoms with E-state index in [-0.39, 0.29) is 22.8 Å². The molecule has 5 heteroatoms. The zero-order valence-corrected chi connectivity index (χ0v) is 12.2. The van der Waals surface area contributed by atoms with Gasteiger partial charge in [0.2, 0.25) is 0 Å². The van der Waals surface area contributed by atoms with E-state index in [4.69, 9.17) is 4.74 Å². The third-order valence-electron chi connectivity index (χ3n) is 4.28. The zero-order chi connectivity index (χ0) is 14.8. The van der Waals surface area contributed by atoms with Crippen molar-refractivity contribution in [3.63, 3.8) is 0 Å². The van der Waals surface area contributed by atoms with E-state index < -0.39 is 5.97 Å². The Morgan fingerprint density at radius 1 is 1.35 bits per heavy atom. The summed E-state index contributed by atoms with van der Waals surface area (Å²) in [6, 6.07) is 3.35. The van der Waals surface area contributed by atoms with E-state index >= 15 is 0 Å². The molecule has 0 spiro atoms. The van der Waals surface area contributed by atoms with Gasteiger partial charge in [-0.05, 0) is 44.7 Å². The van der Waals surface area contributed by atoms with Crippen molar-refractivity contribution in [2.45, 2.75) is 44.2 Å². The molecule has 2 rings (SSSR count). The molecule has 0 saturated heterocycles. The van der Waals surface area contributed by atoms with E-state index in [1.54, 1.807) is 23.9 Å². The van der Waals surface area contributed by atoms with Crippen molar-refractivity contribution < 1.29 is 14.3 Å². The molecule has 0 amide bonds. The van der Waals surface area contributed by atoms with Gasteiger partial charge in [-0.3, -0.25) is 4.79 Å². The second kappa shape index (κ2) is 5.79. The van der Waals surface area contributed by atoms with Crippen molar-refractivity contribution in [3.8, 4) is 0 Å². The lowest BCUT2D eigenvalue weighted by Crippen LogP contribution is -2.37. The van der Waals surface area contributed by atoms with Crippen molar-refractivity contribution in [3.05, 3.63) is 34.2 Å². The molecule has 0 bridgehead atoms. The summed E-state index contributed by atoms with van der Waals surface area (Å²) in [6.45, 7) is 2.09. The summed E-state index contributed by atoms with van der Waals surface area (Å²) < 4.78 is 11.8. The Bertz CT molecular complexity index is 541. The van der Waals surface area contributed by atoms with E-state index in [1.807, 2.05) is 0 Å². The predicted octanol–water partition coefficient (Wildman–Crippen LogP) is 2.16. The molecule has 0 atom stereocenters. The van der Waals surface area contributed by atoms with Crippen LogP contribution in [-0.4, -0.2) is 30.4 Å². The normalized spacial score (nSPS) is 26.2. The first-order chi connectivity index (χ1) is 9.50. The van der Waals surface area contributed by atoms with Gasteiger partial charge >= 0.3 is 5.97 Å². The average Bonchev–Trinajstić information content (AvgIpc) is 2.48. The van der Waals surface area contributed by atoms with Gasteiger partial charge in [-0.2, -0.15) is 0 Å². The number of nitrogens with zero attached hydrogens (tertiary/aromatic N) is 1. The van der Waals surface area contributed by atoms with Gasteiger partial charge in [0.1, 0.15) is 5.56 Å². The predicted molar refractivity (Wildman–Crippen MR) is 75.0 cm³/mol. The molecule has 0 aromatic carbocycles. The smallest absolute Gasteiger partial charge is 0.343 e. The van der Waals surface area contributed by atoms with Crippen LogP contribution in [0, 0.1) is 0 Å². The summed E-state index contributed by atoms with van der Waals surface area (Å²) in [4.78, 5) is 23.9. The summed E-state index contributed by atoms with van der Waals surface area (Å²) in [5.74, 6) is -0.582. The standard InChI is InChI=1S/C15H21NO4/c1-15(20-3)8-6-11(7-9-15)16-10-4-5-12(13(16)17)14(18)19-2/h4-5,10-11H,6-9H2,1-3H3. The summed E-state index contributed by atoms with van der Waals surface area (Å²) >= 11 is 0. The first kappa shape index (κ1) is 14.8. The van der Waals surface area contributed by atoms with Crippen molar-refractivity contribution in [1.29, 1.82) is 0 Å². The van der Waals surface area contributed by atoms with Gasteiger partial charge in [-0.15, -0.1) is 0 Å². The minimum absolute atomic E-state index is 0.0927. The SMILES string of the molecule is COC(=O)c1cccn(C2CCC(C)(OC)CC2)c1=O. The third kappa shape index (κ3) is 2.77. The van der Waals surface area contributed by atoms with Crippen LogP contribution in [-0.2, 0) is 9.47 Å². The van der Waals surface area contributed by atoms with E-state index in [0.29, 0.717) is 0 Å². The van der Waals surface area contributed by atoms with Crippen molar-refractivity contribution in [1.82, 2.24) is 4.57 Å². The highest BCUT2D eigenvalue weighted by Gasteiger charge is 2.32. The molecule has 1 aromatic heterocycles. The number of methoxy groups -OCH3 is 2. The maximum atomic E-state index is 12.3. The van der Waals surface area contributed by atoms with Crippen molar-refractivity contribution in [2.24, 2.45) is 0 Å². The zero-order valence-electron chi connectivity index (χ0n) is 12.2. The van der Waals surface area contributed by atoms with Gasteiger partial charge in [0.05, 0.1) is 12.7 Å². The number of hydrogen-bond donors (Lipinski definition) is 0. The van der Waals surface area contributed by atoms with Crippen LogP contribution >= 0.6 is 0 Å². The summed E-state index contributed by atoms with van der Waals surface area (Å²) in [5.41, 5.74) is -0.277. The minimum atomic E-state index is -0.582. The van der Waals surface area contributed by atoms with Gasteiger partial charge in [0.15, 0.2) is 0 Å². The lowest BCUT2D eigenvalue weighted by Gasteiger charge is -2.36. The van der Waals surface area contributed by atoms with Crippen LogP contribution in [0.3, 0.4) is 0 Å². The number of aromatic nitrogens is 1. The van der Waals surface area contributed by atoms with E-state index in [1.165, 1.54) is 13.2 Å². The minimum Gasteiger partial charge on any atom is -0.465 e. The maximum absolute atomic E-state index is 12.3. The third-order valence-corrected chi connectivity index (χ3v) is 4.28. The summed E-state index contributed by atoms with van der Waals surface area (Å²) in [6.07, 6.45) is 5.30. The van der Waals surface area contributed by atoms with Crippen molar-refractivity contribution in [2.75, 3.05) is 14.2 Å². The van der Waals surface area contributed by atoms with E-state index in [0.717, 1.165) is 25.7 Å².